The van der Waals surface area contributed by atoms with Gasteiger partial charge in [-0.1, -0.05) is 12.1 Å². The van der Waals surface area contributed by atoms with E-state index in [1.807, 2.05) is 0 Å². The van der Waals surface area contributed by atoms with Crippen molar-refractivity contribution in [3.63, 3.8) is 0 Å². The van der Waals surface area contributed by atoms with Crippen LogP contribution in [0.3, 0.4) is 0 Å². The van der Waals surface area contributed by atoms with Gasteiger partial charge in [-0.15, -0.1) is 0 Å². The van der Waals surface area contributed by atoms with Gasteiger partial charge in [0.25, 0.3) is 0 Å². The zero-order valence-corrected chi connectivity index (χ0v) is 10.7. The van der Waals surface area contributed by atoms with Crippen LogP contribution in [0.5, 0.6) is 5.75 Å². The Morgan fingerprint density at radius 3 is 2.20 bits per heavy atom. The summed E-state index contributed by atoms with van der Waals surface area (Å²) in [5, 5.41) is 55.8. The number of hydrogen-bond acceptors (Lipinski definition) is 7. The van der Waals surface area contributed by atoms with Crippen molar-refractivity contribution in [3.05, 3.63) is 29.8 Å². The molecule has 20 heavy (non-hydrogen) atoms. The molecule has 0 saturated heterocycles. The highest BCUT2D eigenvalue weighted by Gasteiger charge is 2.29. The summed E-state index contributed by atoms with van der Waals surface area (Å²) in [5.41, 5.74) is 0.449. The number of nitrogens with zero attached hydrogens (tertiary/aromatic N) is 1. The molecule has 4 atom stereocenters. The van der Waals surface area contributed by atoms with E-state index in [1.165, 1.54) is 12.3 Å². The molecule has 0 aliphatic heterocycles. The molecule has 1 aromatic carbocycles. The molecule has 0 aromatic heterocycles. The predicted octanol–water partition coefficient (Wildman–Crippen LogP) is -1.75. The van der Waals surface area contributed by atoms with Crippen LogP contribution in [0.15, 0.2) is 29.3 Å². The fraction of sp³-hybridized carbons (Fsp3) is 0.462. The maximum atomic E-state index is 9.60. The zero-order valence-electron chi connectivity index (χ0n) is 10.7. The average Bonchev–Trinajstić information content (AvgIpc) is 2.46. The van der Waals surface area contributed by atoms with Gasteiger partial charge >= 0.3 is 0 Å². The van der Waals surface area contributed by atoms with E-state index in [1.54, 1.807) is 18.2 Å². The van der Waals surface area contributed by atoms with Gasteiger partial charge in [-0.3, -0.25) is 4.99 Å². The number of phenolic OH excluding ortho intramolecular Hbond substituents is 1. The summed E-state index contributed by atoms with van der Waals surface area (Å²) < 4.78 is 0. The third-order valence-corrected chi connectivity index (χ3v) is 2.79. The second-order valence-electron chi connectivity index (χ2n) is 4.35. The molecule has 6 N–H and O–H groups in total. The molecular weight excluding hydrogens is 266 g/mol. The normalized spacial score (nSPS) is 17.9. The van der Waals surface area contributed by atoms with E-state index in [9.17, 15) is 20.4 Å². The Balaban J connectivity index is 2.54. The molecule has 1 rings (SSSR count). The van der Waals surface area contributed by atoms with E-state index in [0.717, 1.165) is 0 Å². The maximum Gasteiger partial charge on any atom is 0.124 e. The number of aliphatic imine (C=N–C) groups is 1. The molecule has 0 fully saturated rings. The number of para-hydroxylation sites is 1. The van der Waals surface area contributed by atoms with E-state index < -0.39 is 31.0 Å². The first kappa shape index (κ1) is 16.5. The largest absolute Gasteiger partial charge is 0.507 e. The van der Waals surface area contributed by atoms with E-state index in [4.69, 9.17) is 10.2 Å². The molecular formula is C13H19NO6. The van der Waals surface area contributed by atoms with Crippen LogP contribution in [0.1, 0.15) is 5.56 Å². The Bertz CT molecular complexity index is 439. The molecule has 0 bridgehead atoms. The molecule has 112 valence electrons. The Labute approximate surface area is 116 Å². The van der Waals surface area contributed by atoms with Crippen molar-refractivity contribution in [2.24, 2.45) is 4.99 Å². The van der Waals surface area contributed by atoms with Gasteiger partial charge in [0.05, 0.1) is 13.2 Å². The average molecular weight is 285 g/mol. The summed E-state index contributed by atoms with van der Waals surface area (Å²) in [4.78, 5) is 3.84. The van der Waals surface area contributed by atoms with Crippen LogP contribution in [0, 0.1) is 0 Å². The monoisotopic (exact) mass is 285 g/mol. The Morgan fingerprint density at radius 2 is 1.60 bits per heavy atom. The third kappa shape index (κ3) is 4.55. The van der Waals surface area contributed by atoms with Gasteiger partial charge < -0.3 is 30.6 Å². The molecule has 7 nitrogen and oxygen atoms in total. The lowest BCUT2D eigenvalue weighted by atomic mass is 10.0. The smallest absolute Gasteiger partial charge is 0.124 e. The van der Waals surface area contributed by atoms with Gasteiger partial charge in [0.1, 0.15) is 30.2 Å². The van der Waals surface area contributed by atoms with Crippen molar-refractivity contribution in [2.45, 2.75) is 24.4 Å². The van der Waals surface area contributed by atoms with Crippen molar-refractivity contribution >= 4 is 6.21 Å². The van der Waals surface area contributed by atoms with Gasteiger partial charge in [0, 0.05) is 11.8 Å². The predicted molar refractivity (Wildman–Crippen MR) is 71.7 cm³/mol. The van der Waals surface area contributed by atoms with E-state index >= 15 is 0 Å². The van der Waals surface area contributed by atoms with Gasteiger partial charge in [-0.2, -0.15) is 0 Å². The van der Waals surface area contributed by atoms with E-state index in [2.05, 4.69) is 4.99 Å². The fourth-order valence-electron chi connectivity index (χ4n) is 1.53. The van der Waals surface area contributed by atoms with Crippen molar-refractivity contribution in [3.8, 4) is 5.75 Å². The number of aliphatic hydroxyl groups excluding tert-OH is 5. The summed E-state index contributed by atoms with van der Waals surface area (Å²) in [6.45, 7) is -0.961. The van der Waals surface area contributed by atoms with Gasteiger partial charge in [0.15, 0.2) is 0 Å². The highest BCUT2D eigenvalue weighted by Crippen LogP contribution is 2.13. The first-order valence-corrected chi connectivity index (χ1v) is 6.08. The van der Waals surface area contributed by atoms with Crippen LogP contribution < -0.4 is 0 Å². The molecule has 0 amide bonds. The molecule has 0 aliphatic rings. The summed E-state index contributed by atoms with van der Waals surface area (Å²) in [6.07, 6.45) is -4.94. The Hall–Kier alpha value is -1.51. The van der Waals surface area contributed by atoms with E-state index in [-0.39, 0.29) is 12.3 Å². The number of benzene rings is 1. The van der Waals surface area contributed by atoms with Crippen LogP contribution in [0.2, 0.25) is 0 Å². The second-order valence-corrected chi connectivity index (χ2v) is 4.35. The molecule has 0 radical (unpaired) electrons. The first-order chi connectivity index (χ1) is 9.47. The standard InChI is InChI=1S/C13H19NO6/c15-7-11(18)13(20)12(19)10(17)6-14-5-8-3-1-2-4-9(8)16/h1-5,10-13,15-20H,6-7H2/t10-,11+,12-,13+/m0/s1. The number of phenols is 1. The quantitative estimate of drug-likeness (QED) is 0.329. The molecule has 7 heteroatoms. The summed E-state index contributed by atoms with van der Waals surface area (Å²) >= 11 is 0. The molecule has 0 unspecified atom stereocenters. The lowest BCUT2D eigenvalue weighted by Crippen LogP contribution is -2.46. The summed E-state index contributed by atoms with van der Waals surface area (Å²) in [6, 6.07) is 6.45. The second kappa shape index (κ2) is 7.93. The minimum Gasteiger partial charge on any atom is -0.507 e. The van der Waals surface area contributed by atoms with Gasteiger partial charge in [-0.05, 0) is 12.1 Å². The van der Waals surface area contributed by atoms with Crippen molar-refractivity contribution in [1.29, 1.82) is 0 Å². The highest BCUT2D eigenvalue weighted by atomic mass is 16.4. The number of aliphatic hydroxyl groups is 5. The molecule has 1 aromatic rings. The van der Waals surface area contributed by atoms with Crippen molar-refractivity contribution in [1.82, 2.24) is 0 Å². The Kier molecular flexibility index (Phi) is 6.56. The number of rotatable bonds is 7. The Morgan fingerprint density at radius 1 is 1.00 bits per heavy atom. The zero-order chi connectivity index (χ0) is 15.1. The molecule has 0 saturated carbocycles. The van der Waals surface area contributed by atoms with Crippen LogP contribution in [0.4, 0.5) is 0 Å². The van der Waals surface area contributed by atoms with E-state index in [0.29, 0.717) is 5.56 Å². The highest BCUT2D eigenvalue weighted by molar-refractivity contribution is 5.83. The van der Waals surface area contributed by atoms with Crippen LogP contribution in [-0.4, -0.2) is 74.4 Å². The minimum atomic E-state index is -1.67. The molecule has 0 heterocycles. The molecule has 0 spiro atoms. The first-order valence-electron chi connectivity index (χ1n) is 6.08. The fourth-order valence-corrected chi connectivity index (χ4v) is 1.53. The SMILES string of the molecule is OC[C@@H](O)[C@@H](O)[C@@H](O)[C@@H](O)CN=Cc1ccccc1O. The topological polar surface area (TPSA) is 134 Å². The lowest BCUT2D eigenvalue weighted by molar-refractivity contribution is -0.112. The third-order valence-electron chi connectivity index (χ3n) is 2.79. The number of hydrogen-bond donors (Lipinski definition) is 6. The van der Waals surface area contributed by atoms with Gasteiger partial charge in [0.2, 0.25) is 0 Å². The van der Waals surface area contributed by atoms with Gasteiger partial charge in [-0.25, -0.2) is 0 Å². The number of aromatic hydroxyl groups is 1. The summed E-state index contributed by atoms with van der Waals surface area (Å²) in [5.74, 6) is 0.0297. The van der Waals surface area contributed by atoms with Crippen molar-refractivity contribution < 1.29 is 30.6 Å². The van der Waals surface area contributed by atoms with Crippen LogP contribution >= 0.6 is 0 Å². The minimum absolute atomic E-state index is 0.0297. The van der Waals surface area contributed by atoms with Crippen LogP contribution in [-0.2, 0) is 0 Å². The maximum absolute atomic E-state index is 9.60. The van der Waals surface area contributed by atoms with Crippen LogP contribution in [0.25, 0.3) is 0 Å². The molecule has 0 aliphatic carbocycles. The summed E-state index contributed by atoms with van der Waals surface area (Å²) in [7, 11) is 0. The van der Waals surface area contributed by atoms with Crippen molar-refractivity contribution in [2.75, 3.05) is 13.2 Å². The lowest BCUT2D eigenvalue weighted by Gasteiger charge is -2.24.